The number of nitrogens with two attached hydrogens (primary N) is 1. The number of nitrogens with zero attached hydrogens (tertiary/aromatic N) is 1. The number of hydrogen-bond donors (Lipinski definition) is 2. The quantitative estimate of drug-likeness (QED) is 0.810. The summed E-state index contributed by atoms with van der Waals surface area (Å²) in [4.78, 5) is -0.157. The van der Waals surface area contributed by atoms with Gasteiger partial charge in [0.25, 0.3) is 0 Å². The molecule has 0 aliphatic carbocycles. The zero-order chi connectivity index (χ0) is 14.8. The Kier molecular flexibility index (Phi) is 4.57. The SMILES string of the molecule is CC(C#N)S(=O)(=O)Nc1ccc(S(N)(=O)=O)cc1Br. The molecule has 1 aromatic rings. The number of nitriles is 1. The van der Waals surface area contributed by atoms with E-state index in [-0.39, 0.29) is 15.1 Å². The van der Waals surface area contributed by atoms with E-state index in [1.165, 1.54) is 19.1 Å². The summed E-state index contributed by atoms with van der Waals surface area (Å²) in [6.07, 6.45) is 0. The van der Waals surface area contributed by atoms with Crippen LogP contribution in [0, 0.1) is 11.3 Å². The maximum Gasteiger partial charge on any atom is 0.248 e. The van der Waals surface area contributed by atoms with Gasteiger partial charge < -0.3 is 0 Å². The molecule has 0 radical (unpaired) electrons. The van der Waals surface area contributed by atoms with Gasteiger partial charge in [0.2, 0.25) is 20.0 Å². The van der Waals surface area contributed by atoms with Crippen LogP contribution in [0.4, 0.5) is 5.69 Å². The second kappa shape index (κ2) is 5.46. The maximum atomic E-state index is 11.7. The minimum atomic E-state index is -3.87. The molecule has 0 aromatic heterocycles. The Morgan fingerprint density at radius 2 is 1.95 bits per heavy atom. The normalized spacial score (nSPS) is 13.6. The molecule has 19 heavy (non-hydrogen) atoms. The average molecular weight is 368 g/mol. The Bertz CT molecular complexity index is 737. The van der Waals surface area contributed by atoms with Gasteiger partial charge in [-0.1, -0.05) is 0 Å². The highest BCUT2D eigenvalue weighted by Crippen LogP contribution is 2.26. The van der Waals surface area contributed by atoms with Crippen LogP contribution in [0.3, 0.4) is 0 Å². The molecule has 0 saturated heterocycles. The van der Waals surface area contributed by atoms with Crippen LogP contribution in [-0.4, -0.2) is 22.1 Å². The van der Waals surface area contributed by atoms with Crippen molar-refractivity contribution in [2.75, 3.05) is 4.72 Å². The highest BCUT2D eigenvalue weighted by Gasteiger charge is 2.21. The van der Waals surface area contributed by atoms with Gasteiger partial charge in [-0.05, 0) is 41.1 Å². The van der Waals surface area contributed by atoms with Gasteiger partial charge in [-0.15, -0.1) is 0 Å². The predicted molar refractivity (Wildman–Crippen MR) is 73.1 cm³/mol. The number of halogens is 1. The lowest BCUT2D eigenvalue weighted by Crippen LogP contribution is -2.24. The highest BCUT2D eigenvalue weighted by molar-refractivity contribution is 9.10. The molecular weight excluding hydrogens is 358 g/mol. The summed E-state index contributed by atoms with van der Waals surface area (Å²) in [7, 11) is -7.72. The lowest BCUT2D eigenvalue weighted by molar-refractivity contribution is 0.596. The van der Waals surface area contributed by atoms with Gasteiger partial charge in [0.1, 0.15) is 0 Å². The Hall–Kier alpha value is -1.15. The number of sulfonamides is 2. The summed E-state index contributed by atoms with van der Waals surface area (Å²) in [6.45, 7) is 1.23. The van der Waals surface area contributed by atoms with Crippen LogP contribution in [0.15, 0.2) is 27.6 Å². The van der Waals surface area contributed by atoms with Gasteiger partial charge in [0, 0.05) is 4.47 Å². The van der Waals surface area contributed by atoms with Crippen LogP contribution in [0.2, 0.25) is 0 Å². The Labute approximate surface area is 119 Å². The molecule has 0 aliphatic heterocycles. The molecular formula is C9H10BrN3O4S2. The van der Waals surface area contributed by atoms with Crippen LogP contribution >= 0.6 is 15.9 Å². The van der Waals surface area contributed by atoms with E-state index < -0.39 is 25.3 Å². The van der Waals surface area contributed by atoms with E-state index in [1.807, 2.05) is 0 Å². The second-order valence-corrected chi connectivity index (χ2v) is 8.02. The maximum absolute atomic E-state index is 11.7. The third-order valence-corrected chi connectivity index (χ3v) is 5.28. The minimum Gasteiger partial charge on any atom is -0.281 e. The molecule has 0 spiro atoms. The Morgan fingerprint density at radius 3 is 2.37 bits per heavy atom. The van der Waals surface area contributed by atoms with E-state index in [1.54, 1.807) is 6.07 Å². The molecule has 0 fully saturated rings. The van der Waals surface area contributed by atoms with Crippen molar-refractivity contribution in [3.8, 4) is 6.07 Å². The van der Waals surface area contributed by atoms with E-state index in [2.05, 4.69) is 20.7 Å². The average Bonchev–Trinajstić information content (AvgIpc) is 2.29. The molecule has 1 rings (SSSR count). The van der Waals surface area contributed by atoms with Crippen molar-refractivity contribution in [1.82, 2.24) is 0 Å². The first-order chi connectivity index (χ1) is 8.58. The molecule has 0 heterocycles. The molecule has 1 aromatic carbocycles. The molecule has 0 amide bonds. The van der Waals surface area contributed by atoms with E-state index in [9.17, 15) is 16.8 Å². The van der Waals surface area contributed by atoms with Crippen molar-refractivity contribution in [3.63, 3.8) is 0 Å². The van der Waals surface area contributed by atoms with Gasteiger partial charge in [-0.3, -0.25) is 4.72 Å². The summed E-state index contributed by atoms with van der Waals surface area (Å²) >= 11 is 3.03. The molecule has 7 nitrogen and oxygen atoms in total. The number of rotatable bonds is 4. The zero-order valence-electron chi connectivity index (χ0n) is 9.66. The smallest absolute Gasteiger partial charge is 0.248 e. The number of anilines is 1. The molecule has 0 bridgehead atoms. The minimum absolute atomic E-state index is 0.120. The lowest BCUT2D eigenvalue weighted by atomic mass is 10.3. The first-order valence-electron chi connectivity index (χ1n) is 4.81. The van der Waals surface area contributed by atoms with Gasteiger partial charge in [0.15, 0.2) is 5.25 Å². The monoisotopic (exact) mass is 367 g/mol. The molecule has 10 heteroatoms. The topological polar surface area (TPSA) is 130 Å². The summed E-state index contributed by atoms with van der Waals surface area (Å²) < 4.78 is 47.9. The number of hydrogen-bond acceptors (Lipinski definition) is 5. The van der Waals surface area contributed by atoms with Crippen LogP contribution < -0.4 is 9.86 Å². The third kappa shape index (κ3) is 3.90. The lowest BCUT2D eigenvalue weighted by Gasteiger charge is -2.11. The van der Waals surface area contributed by atoms with E-state index in [4.69, 9.17) is 10.4 Å². The summed E-state index contributed by atoms with van der Waals surface area (Å²) in [5, 5.41) is 12.3. The first-order valence-corrected chi connectivity index (χ1v) is 8.70. The summed E-state index contributed by atoms with van der Waals surface area (Å²) in [5.74, 6) is 0. The van der Waals surface area contributed by atoms with Crippen molar-refractivity contribution < 1.29 is 16.8 Å². The molecule has 1 unspecified atom stereocenters. The van der Waals surface area contributed by atoms with E-state index in [0.29, 0.717) is 0 Å². The van der Waals surface area contributed by atoms with Crippen molar-refractivity contribution in [3.05, 3.63) is 22.7 Å². The van der Waals surface area contributed by atoms with Crippen molar-refractivity contribution in [2.45, 2.75) is 17.1 Å². The van der Waals surface area contributed by atoms with Crippen molar-refractivity contribution in [1.29, 1.82) is 5.26 Å². The number of primary sulfonamides is 1. The Morgan fingerprint density at radius 1 is 1.37 bits per heavy atom. The van der Waals surface area contributed by atoms with Crippen LogP contribution in [0.1, 0.15) is 6.92 Å². The fraction of sp³-hybridized carbons (Fsp3) is 0.222. The van der Waals surface area contributed by atoms with Crippen molar-refractivity contribution >= 4 is 41.7 Å². The zero-order valence-corrected chi connectivity index (χ0v) is 12.9. The summed E-state index contributed by atoms with van der Waals surface area (Å²) in [6, 6.07) is 5.17. The van der Waals surface area contributed by atoms with Gasteiger partial charge >= 0.3 is 0 Å². The molecule has 1 atom stereocenters. The summed E-state index contributed by atoms with van der Waals surface area (Å²) in [5.41, 5.74) is 0.120. The number of nitrogens with one attached hydrogen (secondary N) is 1. The largest absolute Gasteiger partial charge is 0.281 e. The standard InChI is InChI=1S/C9H10BrN3O4S2/c1-6(5-11)19(16,17)13-9-3-2-7(4-8(9)10)18(12,14)15/h2-4,6,13H,1H3,(H2,12,14,15). The van der Waals surface area contributed by atoms with Gasteiger partial charge in [0.05, 0.1) is 16.7 Å². The van der Waals surface area contributed by atoms with Crippen LogP contribution in [0.25, 0.3) is 0 Å². The molecule has 104 valence electrons. The second-order valence-electron chi connectivity index (χ2n) is 3.61. The molecule has 0 saturated carbocycles. The Balaban J connectivity index is 3.17. The fourth-order valence-corrected chi connectivity index (χ4v) is 3.17. The highest BCUT2D eigenvalue weighted by atomic mass is 79.9. The first kappa shape index (κ1) is 15.9. The van der Waals surface area contributed by atoms with Crippen LogP contribution in [0.5, 0.6) is 0 Å². The van der Waals surface area contributed by atoms with E-state index in [0.717, 1.165) is 6.07 Å². The fourth-order valence-electron chi connectivity index (χ4n) is 1.07. The molecule has 0 aliphatic rings. The third-order valence-electron chi connectivity index (χ3n) is 2.17. The number of benzene rings is 1. The predicted octanol–water partition coefficient (Wildman–Crippen LogP) is 0.750. The van der Waals surface area contributed by atoms with Gasteiger partial charge in [-0.25, -0.2) is 22.0 Å². The van der Waals surface area contributed by atoms with E-state index >= 15 is 0 Å². The van der Waals surface area contributed by atoms with Crippen molar-refractivity contribution in [2.24, 2.45) is 5.14 Å². The van der Waals surface area contributed by atoms with Gasteiger partial charge in [-0.2, -0.15) is 5.26 Å². The molecule has 3 N–H and O–H groups in total. The van der Waals surface area contributed by atoms with Crippen LogP contribution in [-0.2, 0) is 20.0 Å².